The molecular formula is C12H13Cl3O4S. The molecule has 1 aromatic carbocycles. The lowest BCUT2D eigenvalue weighted by atomic mass is 10.1. The molecule has 0 saturated heterocycles. The van der Waals surface area contributed by atoms with E-state index in [9.17, 15) is 13.2 Å². The maximum absolute atomic E-state index is 11.9. The van der Waals surface area contributed by atoms with Crippen molar-refractivity contribution in [3.63, 3.8) is 0 Å². The Morgan fingerprint density at radius 1 is 1.30 bits per heavy atom. The van der Waals surface area contributed by atoms with Crippen molar-refractivity contribution in [3.8, 4) is 0 Å². The summed E-state index contributed by atoms with van der Waals surface area (Å²) in [4.78, 5) is 11.5. The predicted octanol–water partition coefficient (Wildman–Crippen LogP) is 4.12. The van der Waals surface area contributed by atoms with Gasteiger partial charge in [0.05, 0.1) is 22.2 Å². The molecule has 0 aliphatic rings. The van der Waals surface area contributed by atoms with Crippen LogP contribution in [0.3, 0.4) is 0 Å². The number of ether oxygens (including phenoxy) is 1. The van der Waals surface area contributed by atoms with Gasteiger partial charge in [0.25, 0.3) is 9.05 Å². The number of carbonyl (C=O) groups excluding carboxylic acids is 1. The van der Waals surface area contributed by atoms with Crippen molar-refractivity contribution in [2.24, 2.45) is 5.92 Å². The summed E-state index contributed by atoms with van der Waals surface area (Å²) < 4.78 is 27.7. The van der Waals surface area contributed by atoms with Crippen LogP contribution in [0.5, 0.6) is 0 Å². The first-order valence-corrected chi connectivity index (χ1v) is 8.81. The molecule has 0 spiro atoms. The van der Waals surface area contributed by atoms with E-state index in [0.717, 1.165) is 6.07 Å². The molecule has 0 atom stereocenters. The number of carbonyl (C=O) groups is 1. The van der Waals surface area contributed by atoms with E-state index in [0.29, 0.717) is 12.3 Å². The molecule has 4 nitrogen and oxygen atoms in total. The lowest BCUT2D eigenvalue weighted by Gasteiger charge is -2.10. The minimum absolute atomic E-state index is 0.00798. The minimum atomic E-state index is -4.07. The Kier molecular flexibility index (Phi) is 6.13. The molecule has 1 rings (SSSR count). The summed E-state index contributed by atoms with van der Waals surface area (Å²) in [6.07, 6.45) is 0.675. The third-order valence-electron chi connectivity index (χ3n) is 2.45. The van der Waals surface area contributed by atoms with E-state index < -0.39 is 15.0 Å². The fourth-order valence-corrected chi connectivity index (χ4v) is 3.25. The third-order valence-corrected chi connectivity index (χ3v) is 4.63. The van der Waals surface area contributed by atoms with Gasteiger partial charge >= 0.3 is 5.97 Å². The molecule has 0 amide bonds. The molecule has 0 heterocycles. The zero-order valence-electron chi connectivity index (χ0n) is 10.8. The fourth-order valence-electron chi connectivity index (χ4n) is 1.37. The van der Waals surface area contributed by atoms with Crippen LogP contribution in [0.4, 0.5) is 0 Å². The summed E-state index contributed by atoms with van der Waals surface area (Å²) in [5.41, 5.74) is -0.196. The molecule has 0 aliphatic carbocycles. The number of esters is 1. The second-order valence-electron chi connectivity index (χ2n) is 4.49. The number of hydrogen-bond acceptors (Lipinski definition) is 4. The molecular weight excluding hydrogens is 347 g/mol. The molecule has 0 aromatic heterocycles. The lowest BCUT2D eigenvalue weighted by Crippen LogP contribution is -2.10. The zero-order chi connectivity index (χ0) is 15.5. The summed E-state index contributed by atoms with van der Waals surface area (Å²) in [5, 5.41) is -0.323. The van der Waals surface area contributed by atoms with Gasteiger partial charge in [0, 0.05) is 10.7 Å². The highest BCUT2D eigenvalue weighted by molar-refractivity contribution is 8.13. The summed E-state index contributed by atoms with van der Waals surface area (Å²) in [6, 6.07) is 2.37. The van der Waals surface area contributed by atoms with Crippen LogP contribution in [0.1, 0.15) is 30.6 Å². The minimum Gasteiger partial charge on any atom is -0.462 e. The number of halogens is 3. The van der Waals surface area contributed by atoms with Gasteiger partial charge in [-0.15, -0.1) is 0 Å². The maximum Gasteiger partial charge on any atom is 0.341 e. The second kappa shape index (κ2) is 6.98. The van der Waals surface area contributed by atoms with Crippen LogP contribution < -0.4 is 0 Å². The summed E-state index contributed by atoms with van der Waals surface area (Å²) in [5.74, 6) is -0.411. The Hall–Kier alpha value is -0.490. The number of benzene rings is 1. The van der Waals surface area contributed by atoms with Gasteiger partial charge in [-0.05, 0) is 24.5 Å². The monoisotopic (exact) mass is 358 g/mol. The van der Waals surface area contributed by atoms with Crippen molar-refractivity contribution < 1.29 is 17.9 Å². The van der Waals surface area contributed by atoms with Gasteiger partial charge in [0.2, 0.25) is 0 Å². The zero-order valence-corrected chi connectivity index (χ0v) is 13.9. The van der Waals surface area contributed by atoms with E-state index in [1.165, 1.54) is 6.07 Å². The summed E-state index contributed by atoms with van der Waals surface area (Å²) in [7, 11) is 1.16. The first kappa shape index (κ1) is 17.6. The van der Waals surface area contributed by atoms with E-state index >= 15 is 0 Å². The van der Waals surface area contributed by atoms with Crippen LogP contribution in [-0.4, -0.2) is 21.0 Å². The molecule has 20 heavy (non-hydrogen) atoms. The Bertz CT molecular complexity index is 611. The van der Waals surface area contributed by atoms with Gasteiger partial charge in [-0.25, -0.2) is 13.2 Å². The first-order valence-electron chi connectivity index (χ1n) is 5.74. The number of rotatable bonds is 5. The van der Waals surface area contributed by atoms with Crippen LogP contribution >= 0.6 is 33.9 Å². The average molecular weight is 360 g/mol. The van der Waals surface area contributed by atoms with Crippen molar-refractivity contribution in [1.29, 1.82) is 0 Å². The van der Waals surface area contributed by atoms with Crippen molar-refractivity contribution in [2.75, 3.05) is 6.61 Å². The highest BCUT2D eigenvalue weighted by atomic mass is 35.7. The molecule has 0 aliphatic heterocycles. The summed E-state index contributed by atoms with van der Waals surface area (Å²) >= 11 is 11.8. The van der Waals surface area contributed by atoms with Crippen LogP contribution in [-0.2, 0) is 13.8 Å². The van der Waals surface area contributed by atoms with Crippen LogP contribution in [0.25, 0.3) is 0 Å². The number of hydrogen-bond donors (Lipinski definition) is 0. The van der Waals surface area contributed by atoms with Gasteiger partial charge in [-0.2, -0.15) is 0 Å². The van der Waals surface area contributed by atoms with Crippen LogP contribution in [0.15, 0.2) is 17.0 Å². The molecule has 0 saturated carbocycles. The molecule has 1 aromatic rings. The van der Waals surface area contributed by atoms with Crippen molar-refractivity contribution in [2.45, 2.75) is 25.2 Å². The van der Waals surface area contributed by atoms with E-state index in [1.807, 2.05) is 13.8 Å². The van der Waals surface area contributed by atoms with Crippen molar-refractivity contribution in [1.82, 2.24) is 0 Å². The molecule has 0 fully saturated rings. The van der Waals surface area contributed by atoms with Crippen molar-refractivity contribution >= 4 is 48.9 Å². The highest BCUT2D eigenvalue weighted by Crippen LogP contribution is 2.33. The average Bonchev–Trinajstić information content (AvgIpc) is 2.26. The molecule has 0 unspecified atom stereocenters. The van der Waals surface area contributed by atoms with E-state index in [4.69, 9.17) is 38.6 Å². The van der Waals surface area contributed by atoms with Crippen LogP contribution in [0.2, 0.25) is 10.0 Å². The summed E-state index contributed by atoms with van der Waals surface area (Å²) in [6.45, 7) is 4.16. The van der Waals surface area contributed by atoms with Gasteiger partial charge in [-0.3, -0.25) is 0 Å². The SMILES string of the molecule is CC(C)CCOC(=O)c1c(Cl)ccc(S(=O)(=O)Cl)c1Cl. The van der Waals surface area contributed by atoms with Gasteiger partial charge in [0.15, 0.2) is 0 Å². The van der Waals surface area contributed by atoms with Crippen LogP contribution in [0, 0.1) is 5.92 Å². The third kappa shape index (κ3) is 4.52. The molecule has 0 radical (unpaired) electrons. The maximum atomic E-state index is 11.9. The topological polar surface area (TPSA) is 60.4 Å². The molecule has 0 bridgehead atoms. The second-order valence-corrected chi connectivity index (χ2v) is 7.81. The highest BCUT2D eigenvalue weighted by Gasteiger charge is 2.24. The lowest BCUT2D eigenvalue weighted by molar-refractivity contribution is 0.0488. The molecule has 0 N–H and O–H groups in total. The largest absolute Gasteiger partial charge is 0.462 e. The van der Waals surface area contributed by atoms with Gasteiger partial charge < -0.3 is 4.74 Å². The standard InChI is InChI=1S/C12H13Cl3O4S/c1-7(2)5-6-19-12(16)10-8(13)3-4-9(11(10)14)20(15,17)18/h3-4,7H,5-6H2,1-2H3. The quantitative estimate of drug-likeness (QED) is 0.586. The van der Waals surface area contributed by atoms with Gasteiger partial charge in [0.1, 0.15) is 4.90 Å². The first-order chi connectivity index (χ1) is 9.14. The van der Waals surface area contributed by atoms with E-state index in [1.54, 1.807) is 0 Å². The Labute approximate surface area is 132 Å². The molecule has 8 heteroatoms. The Morgan fingerprint density at radius 3 is 2.40 bits per heavy atom. The normalized spacial score (nSPS) is 11.7. The van der Waals surface area contributed by atoms with Crippen molar-refractivity contribution in [3.05, 3.63) is 27.7 Å². The van der Waals surface area contributed by atoms with E-state index in [2.05, 4.69) is 0 Å². The van der Waals surface area contributed by atoms with Gasteiger partial charge in [-0.1, -0.05) is 37.0 Å². The Morgan fingerprint density at radius 2 is 1.90 bits per heavy atom. The predicted molar refractivity (Wildman–Crippen MR) is 79.2 cm³/mol. The van der Waals surface area contributed by atoms with E-state index in [-0.39, 0.29) is 27.1 Å². The fraction of sp³-hybridized carbons (Fsp3) is 0.417. The smallest absolute Gasteiger partial charge is 0.341 e. The Balaban J connectivity index is 3.09. The molecule has 112 valence electrons.